The SMILES string of the molecule is O=[N+]([O-])c1ccc(-n2cc(-c3cc(C(F)F)nc(N4CCC(F)(F)CC4)c3)cn2)c(F)c1. The number of benzene rings is 1. The summed E-state index contributed by atoms with van der Waals surface area (Å²) in [5.41, 5.74) is -0.356. The van der Waals surface area contributed by atoms with Crippen molar-refractivity contribution in [1.29, 1.82) is 0 Å². The molecule has 7 nitrogen and oxygen atoms in total. The molecule has 0 saturated carbocycles. The Morgan fingerprint density at radius 2 is 1.81 bits per heavy atom. The molecule has 0 radical (unpaired) electrons. The van der Waals surface area contributed by atoms with E-state index in [-0.39, 0.29) is 24.6 Å². The number of aromatic nitrogens is 3. The van der Waals surface area contributed by atoms with Crippen molar-refractivity contribution in [1.82, 2.24) is 14.8 Å². The third-order valence-electron chi connectivity index (χ3n) is 5.18. The van der Waals surface area contributed by atoms with Gasteiger partial charge in [-0.15, -0.1) is 0 Å². The van der Waals surface area contributed by atoms with Crippen LogP contribution < -0.4 is 4.90 Å². The quantitative estimate of drug-likeness (QED) is 0.303. The zero-order chi connectivity index (χ0) is 23.0. The molecule has 12 heteroatoms. The summed E-state index contributed by atoms with van der Waals surface area (Å²) < 4.78 is 69.2. The lowest BCUT2D eigenvalue weighted by Crippen LogP contribution is -2.39. The Balaban J connectivity index is 1.68. The van der Waals surface area contributed by atoms with Crippen LogP contribution in [0.3, 0.4) is 0 Å². The second kappa shape index (κ2) is 8.17. The number of hydrogen-bond donors (Lipinski definition) is 0. The minimum absolute atomic E-state index is 0.0284. The van der Waals surface area contributed by atoms with Gasteiger partial charge in [-0.2, -0.15) is 5.10 Å². The molecule has 0 unspecified atom stereocenters. The molecule has 0 N–H and O–H groups in total. The van der Waals surface area contributed by atoms with E-state index in [2.05, 4.69) is 10.1 Å². The van der Waals surface area contributed by atoms with Crippen LogP contribution in [0.15, 0.2) is 42.7 Å². The molecule has 3 aromatic rings. The monoisotopic (exact) mass is 453 g/mol. The number of anilines is 1. The van der Waals surface area contributed by atoms with Gasteiger partial charge < -0.3 is 4.90 Å². The number of pyridine rings is 1. The summed E-state index contributed by atoms with van der Waals surface area (Å²) in [7, 11) is 0. The number of piperidine rings is 1. The lowest BCUT2D eigenvalue weighted by atomic mass is 10.1. The Bertz CT molecular complexity index is 1160. The molecule has 3 heterocycles. The van der Waals surface area contributed by atoms with Gasteiger partial charge in [-0.25, -0.2) is 31.6 Å². The van der Waals surface area contributed by atoms with E-state index in [1.54, 1.807) is 0 Å². The molecule has 168 valence electrons. The normalized spacial score (nSPS) is 15.9. The van der Waals surface area contributed by atoms with Gasteiger partial charge in [0.1, 0.15) is 17.2 Å². The summed E-state index contributed by atoms with van der Waals surface area (Å²) in [4.78, 5) is 15.5. The van der Waals surface area contributed by atoms with Crippen molar-refractivity contribution in [3.63, 3.8) is 0 Å². The topological polar surface area (TPSA) is 77.1 Å². The molecule has 1 aromatic carbocycles. The van der Waals surface area contributed by atoms with Crippen LogP contribution in [0.4, 0.5) is 33.5 Å². The van der Waals surface area contributed by atoms with Crippen LogP contribution >= 0.6 is 0 Å². The fourth-order valence-corrected chi connectivity index (χ4v) is 3.44. The van der Waals surface area contributed by atoms with Gasteiger partial charge in [0, 0.05) is 43.8 Å². The summed E-state index contributed by atoms with van der Waals surface area (Å²) in [5.74, 6) is -3.54. The van der Waals surface area contributed by atoms with E-state index in [0.717, 1.165) is 22.9 Å². The Hall–Kier alpha value is -3.57. The number of hydrogen-bond acceptors (Lipinski definition) is 5. The van der Waals surface area contributed by atoms with Gasteiger partial charge in [0.2, 0.25) is 0 Å². The van der Waals surface area contributed by atoms with Crippen molar-refractivity contribution in [2.45, 2.75) is 25.2 Å². The Morgan fingerprint density at radius 3 is 2.44 bits per heavy atom. The molecule has 0 amide bonds. The lowest BCUT2D eigenvalue weighted by molar-refractivity contribution is -0.385. The molecule has 1 aliphatic rings. The molecular formula is C20H16F5N5O2. The highest BCUT2D eigenvalue weighted by Gasteiger charge is 2.34. The second-order valence-corrected chi connectivity index (χ2v) is 7.35. The first kappa shape index (κ1) is 21.7. The minimum Gasteiger partial charge on any atom is -0.356 e. The lowest BCUT2D eigenvalue weighted by Gasteiger charge is -2.33. The average molecular weight is 453 g/mol. The van der Waals surface area contributed by atoms with Gasteiger partial charge in [-0.3, -0.25) is 10.1 Å². The molecule has 0 atom stereocenters. The number of nitro groups is 1. The summed E-state index contributed by atoms with van der Waals surface area (Å²) >= 11 is 0. The number of alkyl halides is 4. The maximum atomic E-state index is 14.3. The molecule has 0 spiro atoms. The molecule has 0 bridgehead atoms. The molecule has 0 aliphatic carbocycles. The van der Waals surface area contributed by atoms with Crippen LogP contribution in [0.2, 0.25) is 0 Å². The van der Waals surface area contributed by atoms with Crippen molar-refractivity contribution < 1.29 is 26.9 Å². The third-order valence-corrected chi connectivity index (χ3v) is 5.18. The van der Waals surface area contributed by atoms with Crippen molar-refractivity contribution >= 4 is 11.5 Å². The largest absolute Gasteiger partial charge is 0.356 e. The predicted molar refractivity (Wildman–Crippen MR) is 105 cm³/mol. The molecule has 2 aromatic heterocycles. The molecule has 1 fully saturated rings. The Labute approximate surface area is 178 Å². The number of non-ortho nitro benzene ring substituents is 1. The van der Waals surface area contributed by atoms with E-state index in [1.165, 1.54) is 29.4 Å². The molecule has 1 saturated heterocycles. The van der Waals surface area contributed by atoms with E-state index in [1.807, 2.05) is 0 Å². The van der Waals surface area contributed by atoms with Gasteiger partial charge in [0.15, 0.2) is 5.82 Å². The van der Waals surface area contributed by atoms with E-state index in [4.69, 9.17) is 0 Å². The zero-order valence-electron chi connectivity index (χ0n) is 16.4. The summed E-state index contributed by atoms with van der Waals surface area (Å²) in [6.45, 7) is -0.0567. The first-order chi connectivity index (χ1) is 15.1. The van der Waals surface area contributed by atoms with Gasteiger partial charge in [-0.05, 0) is 23.8 Å². The number of nitro benzene ring substituents is 1. The zero-order valence-corrected chi connectivity index (χ0v) is 16.4. The molecule has 4 rings (SSSR count). The third kappa shape index (κ3) is 4.39. The van der Waals surface area contributed by atoms with Crippen molar-refractivity contribution in [3.05, 3.63) is 64.4 Å². The first-order valence-corrected chi connectivity index (χ1v) is 9.55. The van der Waals surface area contributed by atoms with Gasteiger partial charge >= 0.3 is 0 Å². The number of nitrogens with zero attached hydrogens (tertiary/aromatic N) is 5. The van der Waals surface area contributed by atoms with Gasteiger partial charge in [0.05, 0.1) is 17.2 Å². The average Bonchev–Trinajstić information content (AvgIpc) is 3.23. The Kier molecular flexibility index (Phi) is 5.53. The van der Waals surface area contributed by atoms with Crippen molar-refractivity contribution in [2.24, 2.45) is 0 Å². The highest BCUT2D eigenvalue weighted by atomic mass is 19.3. The Morgan fingerprint density at radius 1 is 1.09 bits per heavy atom. The van der Waals surface area contributed by atoms with Crippen LogP contribution in [-0.4, -0.2) is 38.7 Å². The van der Waals surface area contributed by atoms with Crippen LogP contribution in [0.5, 0.6) is 0 Å². The number of halogens is 5. The number of rotatable bonds is 5. The second-order valence-electron chi connectivity index (χ2n) is 7.35. The summed E-state index contributed by atoms with van der Waals surface area (Å²) in [6, 6.07) is 5.69. The fraction of sp³-hybridized carbons (Fsp3) is 0.300. The van der Waals surface area contributed by atoms with Gasteiger partial charge in [-0.1, -0.05) is 0 Å². The summed E-state index contributed by atoms with van der Waals surface area (Å²) in [5, 5.41) is 14.8. The van der Waals surface area contributed by atoms with E-state index in [9.17, 15) is 32.1 Å². The van der Waals surface area contributed by atoms with Crippen molar-refractivity contribution in [2.75, 3.05) is 18.0 Å². The van der Waals surface area contributed by atoms with E-state index in [0.29, 0.717) is 11.1 Å². The first-order valence-electron chi connectivity index (χ1n) is 9.55. The predicted octanol–water partition coefficient (Wildman–Crippen LogP) is 5.15. The maximum absolute atomic E-state index is 14.3. The minimum atomic E-state index is -2.89. The van der Waals surface area contributed by atoms with Crippen molar-refractivity contribution in [3.8, 4) is 16.8 Å². The van der Waals surface area contributed by atoms with E-state index < -0.39 is 47.3 Å². The maximum Gasteiger partial charge on any atom is 0.280 e. The van der Waals surface area contributed by atoms with Crippen LogP contribution in [0, 0.1) is 15.9 Å². The van der Waals surface area contributed by atoms with Crippen LogP contribution in [-0.2, 0) is 0 Å². The smallest absolute Gasteiger partial charge is 0.280 e. The fourth-order valence-electron chi connectivity index (χ4n) is 3.44. The molecule has 1 aliphatic heterocycles. The molecular weight excluding hydrogens is 437 g/mol. The van der Waals surface area contributed by atoms with Crippen LogP contribution in [0.1, 0.15) is 25.0 Å². The standard InChI is InChI=1S/C20H16F5N5O2/c21-15-9-14(30(31)32)1-2-17(15)29-11-13(10-26-29)12-7-16(19(22)23)27-18(8-12)28-5-3-20(24,25)4-6-28/h1-2,7-11,19H,3-6H2. The van der Waals surface area contributed by atoms with Gasteiger partial charge in [0.25, 0.3) is 18.0 Å². The highest BCUT2D eigenvalue weighted by molar-refractivity contribution is 5.67. The summed E-state index contributed by atoms with van der Waals surface area (Å²) in [6.07, 6.45) is -0.995. The van der Waals surface area contributed by atoms with E-state index >= 15 is 0 Å². The molecule has 32 heavy (non-hydrogen) atoms. The van der Waals surface area contributed by atoms with Crippen LogP contribution in [0.25, 0.3) is 16.8 Å². The highest BCUT2D eigenvalue weighted by Crippen LogP contribution is 2.33.